The van der Waals surface area contributed by atoms with Gasteiger partial charge in [0.05, 0.1) is 0 Å². The Morgan fingerprint density at radius 2 is 1.11 bits per heavy atom. The van der Waals surface area contributed by atoms with Gasteiger partial charge in [0.2, 0.25) is 5.95 Å². The first-order valence-corrected chi connectivity index (χ1v) is 12.1. The average Bonchev–Trinajstić information content (AvgIpc) is 2.76. The highest BCUT2D eigenvalue weighted by Crippen LogP contribution is 2.26. The van der Waals surface area contributed by atoms with E-state index < -0.39 is 11.8 Å². The van der Waals surface area contributed by atoms with Gasteiger partial charge in [0, 0.05) is 60.0 Å². The van der Waals surface area contributed by atoms with Crippen LogP contribution in [0.15, 0.2) is 60.7 Å². The van der Waals surface area contributed by atoms with Crippen molar-refractivity contribution in [1.82, 2.24) is 9.97 Å². The number of rotatable bonds is 6. The zero-order chi connectivity index (χ0) is 26.7. The molecule has 1 aromatic heterocycles. The number of aryl methyl sites for hydroxylation is 1. The van der Waals surface area contributed by atoms with Gasteiger partial charge in [-0.3, -0.25) is 9.59 Å². The van der Waals surface area contributed by atoms with Crippen molar-refractivity contribution in [3.8, 4) is 0 Å². The highest BCUT2D eigenvalue weighted by molar-refractivity contribution is 6.35. The number of nitrogen functional groups attached to an aromatic ring is 1. The Kier molecular flexibility index (Phi) is 8.04. The Hall–Kier alpha value is -3.56. The van der Waals surface area contributed by atoms with Gasteiger partial charge in [0.25, 0.3) is 11.8 Å². The van der Waals surface area contributed by atoms with Crippen LogP contribution in [0.25, 0.3) is 0 Å². The Morgan fingerprint density at radius 3 is 1.54 bits per heavy atom. The lowest BCUT2D eigenvalue weighted by Crippen LogP contribution is -2.16. The molecule has 0 saturated heterocycles. The Balaban J connectivity index is 1.69. The van der Waals surface area contributed by atoms with E-state index in [4.69, 9.17) is 52.1 Å². The van der Waals surface area contributed by atoms with E-state index in [2.05, 4.69) is 25.9 Å². The first-order valence-electron chi connectivity index (χ1n) is 10.6. The smallest absolute Gasteiger partial charge is 0.255 e. The minimum absolute atomic E-state index is 0.0741. The number of aromatic nitrogens is 2. The number of amides is 2. The minimum Gasteiger partial charge on any atom is -0.368 e. The van der Waals surface area contributed by atoms with Crippen molar-refractivity contribution in [3.63, 3.8) is 0 Å². The number of benzene rings is 3. The van der Waals surface area contributed by atoms with Crippen LogP contribution < -0.4 is 21.7 Å². The van der Waals surface area contributed by atoms with Crippen LogP contribution in [0.5, 0.6) is 0 Å². The summed E-state index contributed by atoms with van der Waals surface area (Å²) in [5.74, 6) is -0.539. The van der Waals surface area contributed by atoms with Gasteiger partial charge in [-0.15, -0.1) is 0 Å². The molecule has 0 saturated carbocycles. The highest BCUT2D eigenvalue weighted by atomic mass is 35.5. The van der Waals surface area contributed by atoms with Crippen molar-refractivity contribution >= 4 is 87.0 Å². The lowest BCUT2D eigenvalue weighted by atomic mass is 10.1. The number of halogens is 4. The van der Waals surface area contributed by atoms with Gasteiger partial charge in [-0.1, -0.05) is 46.4 Å². The predicted octanol–water partition coefficient (Wildman–Crippen LogP) is 7.23. The predicted molar refractivity (Wildman–Crippen MR) is 150 cm³/mol. The summed E-state index contributed by atoms with van der Waals surface area (Å²) >= 11 is 24.2. The molecule has 0 spiro atoms. The summed E-state index contributed by atoms with van der Waals surface area (Å²) in [5, 5.41) is 9.96. The van der Waals surface area contributed by atoms with Gasteiger partial charge >= 0.3 is 0 Å². The molecule has 5 N–H and O–H groups in total. The molecule has 37 heavy (non-hydrogen) atoms. The number of nitrogens with two attached hydrogens (primary N) is 1. The fraction of sp³-hybridized carbons (Fsp3) is 0.0400. The second-order valence-electron chi connectivity index (χ2n) is 7.90. The summed E-state index contributed by atoms with van der Waals surface area (Å²) in [5.41, 5.74) is 7.93. The number of hydrogen-bond donors (Lipinski definition) is 4. The van der Waals surface area contributed by atoms with Gasteiger partial charge in [-0.2, -0.15) is 4.98 Å². The molecule has 0 aliphatic rings. The van der Waals surface area contributed by atoms with Crippen LogP contribution in [0.4, 0.5) is 28.8 Å². The molecule has 4 aromatic rings. The second-order valence-corrected chi connectivity index (χ2v) is 9.65. The third-order valence-corrected chi connectivity index (χ3v) is 5.72. The molecular weight excluding hydrogens is 558 g/mol. The highest BCUT2D eigenvalue weighted by Gasteiger charge is 2.16. The van der Waals surface area contributed by atoms with Crippen molar-refractivity contribution in [2.24, 2.45) is 0 Å². The molecule has 3 aromatic carbocycles. The summed E-state index contributed by atoms with van der Waals surface area (Å²) in [6.07, 6.45) is 0. The Bertz CT molecular complexity index is 1390. The van der Waals surface area contributed by atoms with Crippen LogP contribution >= 0.6 is 46.4 Å². The molecule has 188 valence electrons. The molecular formula is C25H18Cl4N6O2. The molecule has 8 nitrogen and oxygen atoms in total. The standard InChI is InChI=1S/C25H18Cl4N6O2/c1-12-2-22(35-25(30)31-12)32-19-4-13(23(36)33-20-8-15(26)6-16(27)9-20)3-14(5-19)24(37)34-21-10-17(28)7-18(29)11-21/h2-11H,1H3,(H,33,36)(H,34,37)(H3,30,31,32,35). The van der Waals surface area contributed by atoms with Crippen LogP contribution in [0.3, 0.4) is 0 Å². The van der Waals surface area contributed by atoms with Crippen molar-refractivity contribution in [3.05, 3.63) is 97.6 Å². The topological polar surface area (TPSA) is 122 Å². The number of hydrogen-bond acceptors (Lipinski definition) is 6. The molecule has 0 fully saturated rings. The number of nitrogens with one attached hydrogen (secondary N) is 3. The summed E-state index contributed by atoms with van der Waals surface area (Å²) in [6.45, 7) is 1.76. The zero-order valence-corrected chi connectivity index (χ0v) is 22.1. The van der Waals surface area contributed by atoms with Gasteiger partial charge in [0.1, 0.15) is 5.82 Å². The fourth-order valence-electron chi connectivity index (χ4n) is 3.42. The van der Waals surface area contributed by atoms with Gasteiger partial charge < -0.3 is 21.7 Å². The van der Waals surface area contributed by atoms with Crippen molar-refractivity contribution in [2.75, 3.05) is 21.7 Å². The third-order valence-electron chi connectivity index (χ3n) is 4.84. The van der Waals surface area contributed by atoms with E-state index in [1.54, 1.807) is 61.5 Å². The molecule has 0 aliphatic heterocycles. The molecule has 1 heterocycles. The quantitative estimate of drug-likeness (QED) is 0.192. The maximum absolute atomic E-state index is 13.1. The zero-order valence-electron chi connectivity index (χ0n) is 19.1. The van der Waals surface area contributed by atoms with Crippen LogP contribution in [0.2, 0.25) is 20.1 Å². The van der Waals surface area contributed by atoms with Gasteiger partial charge in [-0.25, -0.2) is 4.98 Å². The van der Waals surface area contributed by atoms with E-state index >= 15 is 0 Å². The van der Waals surface area contributed by atoms with Gasteiger partial charge in [-0.05, 0) is 61.5 Å². The van der Waals surface area contributed by atoms with Crippen molar-refractivity contribution in [1.29, 1.82) is 0 Å². The van der Waals surface area contributed by atoms with E-state index in [1.807, 2.05) is 0 Å². The second kappa shape index (κ2) is 11.2. The molecule has 0 aliphatic carbocycles. The van der Waals surface area contributed by atoms with Crippen molar-refractivity contribution in [2.45, 2.75) is 6.92 Å². The molecule has 2 amide bonds. The molecule has 0 unspecified atom stereocenters. The molecule has 12 heteroatoms. The first kappa shape index (κ1) is 26.5. The SMILES string of the molecule is Cc1cc(Nc2cc(C(=O)Nc3cc(Cl)cc(Cl)c3)cc(C(=O)Nc3cc(Cl)cc(Cl)c3)c2)nc(N)n1. The summed E-state index contributed by atoms with van der Waals surface area (Å²) < 4.78 is 0. The minimum atomic E-state index is -0.500. The number of anilines is 5. The fourth-order valence-corrected chi connectivity index (χ4v) is 4.48. The van der Waals surface area contributed by atoms with E-state index in [0.29, 0.717) is 48.7 Å². The van der Waals surface area contributed by atoms with Crippen LogP contribution in [0.1, 0.15) is 26.4 Å². The maximum Gasteiger partial charge on any atom is 0.255 e. The Morgan fingerprint density at radius 1 is 0.649 bits per heavy atom. The molecule has 0 radical (unpaired) electrons. The lowest BCUT2D eigenvalue weighted by molar-refractivity contribution is 0.102. The molecule has 0 atom stereocenters. The first-order chi connectivity index (χ1) is 17.5. The maximum atomic E-state index is 13.1. The van der Waals surface area contributed by atoms with E-state index in [-0.39, 0.29) is 17.1 Å². The Labute approximate surface area is 232 Å². The van der Waals surface area contributed by atoms with Crippen molar-refractivity contribution < 1.29 is 9.59 Å². The third kappa shape index (κ3) is 7.24. The summed E-state index contributed by atoms with van der Waals surface area (Å²) in [4.78, 5) is 34.5. The number of nitrogens with zero attached hydrogens (tertiary/aromatic N) is 2. The van der Waals surface area contributed by atoms with E-state index in [1.165, 1.54) is 6.07 Å². The van der Waals surface area contributed by atoms with Crippen LogP contribution in [-0.2, 0) is 0 Å². The lowest BCUT2D eigenvalue weighted by Gasteiger charge is -2.13. The van der Waals surface area contributed by atoms with Gasteiger partial charge in [0.15, 0.2) is 0 Å². The van der Waals surface area contributed by atoms with Crippen LogP contribution in [-0.4, -0.2) is 21.8 Å². The van der Waals surface area contributed by atoms with Crippen LogP contribution in [0, 0.1) is 6.92 Å². The normalized spacial score (nSPS) is 10.6. The number of carbonyl (C=O) groups is 2. The monoisotopic (exact) mass is 574 g/mol. The average molecular weight is 576 g/mol. The van der Waals surface area contributed by atoms with E-state index in [0.717, 1.165) is 0 Å². The molecule has 0 bridgehead atoms. The summed E-state index contributed by atoms with van der Waals surface area (Å²) in [6, 6.07) is 15.5. The molecule has 4 rings (SSSR count). The largest absolute Gasteiger partial charge is 0.368 e. The van der Waals surface area contributed by atoms with E-state index in [9.17, 15) is 9.59 Å². The summed E-state index contributed by atoms with van der Waals surface area (Å²) in [7, 11) is 0. The number of carbonyl (C=O) groups excluding carboxylic acids is 2.